The van der Waals surface area contributed by atoms with Gasteiger partial charge in [0.25, 0.3) is 11.8 Å². The first kappa shape index (κ1) is 16.0. The van der Waals surface area contributed by atoms with Gasteiger partial charge in [0.1, 0.15) is 0 Å². The molecule has 3 N–H and O–H groups in total. The Bertz CT molecular complexity index is 933. The van der Waals surface area contributed by atoms with E-state index in [0.717, 1.165) is 5.56 Å². The van der Waals surface area contributed by atoms with Crippen LogP contribution in [0.25, 0.3) is 0 Å². The van der Waals surface area contributed by atoms with Crippen molar-refractivity contribution < 1.29 is 9.59 Å². The number of nitrogens with one attached hydrogen (secondary N) is 3. The topological polar surface area (TPSA) is 70.2 Å². The van der Waals surface area contributed by atoms with Crippen LogP contribution < -0.4 is 16.0 Å². The van der Waals surface area contributed by atoms with Gasteiger partial charge in [0, 0.05) is 16.3 Å². The van der Waals surface area contributed by atoms with Crippen LogP contribution >= 0.6 is 11.6 Å². The number of benzene rings is 2. The fraction of sp³-hybridized carbons (Fsp3) is 0.263. The molecule has 2 aromatic rings. The Hall–Kier alpha value is -2.53. The molecule has 1 spiro atoms. The van der Waals surface area contributed by atoms with Crippen molar-refractivity contribution in [1.29, 1.82) is 0 Å². The molecule has 0 aromatic heterocycles. The summed E-state index contributed by atoms with van der Waals surface area (Å²) in [6.07, 6.45) is 0. The van der Waals surface area contributed by atoms with Crippen molar-refractivity contribution >= 4 is 34.8 Å². The SMILES string of the molecule is CC(C)(C)c1ccc2c(c1)C1(NC(=O)c3ccc(Cl)cc3N1)C(=O)N2. The Morgan fingerprint density at radius 1 is 0.960 bits per heavy atom. The molecule has 2 amide bonds. The molecule has 6 heteroatoms. The van der Waals surface area contributed by atoms with Gasteiger partial charge in [0.05, 0.1) is 11.3 Å². The summed E-state index contributed by atoms with van der Waals surface area (Å²) < 4.78 is 0. The van der Waals surface area contributed by atoms with Crippen LogP contribution in [0.1, 0.15) is 42.3 Å². The maximum Gasteiger partial charge on any atom is 0.275 e. The highest BCUT2D eigenvalue weighted by Gasteiger charge is 2.51. The predicted octanol–water partition coefficient (Wildman–Crippen LogP) is 3.60. The molecule has 25 heavy (non-hydrogen) atoms. The number of halogens is 1. The van der Waals surface area contributed by atoms with E-state index in [9.17, 15) is 9.59 Å². The number of hydrogen-bond donors (Lipinski definition) is 3. The van der Waals surface area contributed by atoms with E-state index in [0.29, 0.717) is 27.5 Å². The van der Waals surface area contributed by atoms with Crippen LogP contribution in [0.2, 0.25) is 5.02 Å². The Morgan fingerprint density at radius 2 is 1.72 bits per heavy atom. The molecule has 0 aliphatic carbocycles. The van der Waals surface area contributed by atoms with Crippen LogP contribution in [0.4, 0.5) is 11.4 Å². The lowest BCUT2D eigenvalue weighted by Crippen LogP contribution is -2.59. The molecule has 128 valence electrons. The molecule has 0 saturated carbocycles. The minimum absolute atomic E-state index is 0.0816. The average Bonchev–Trinajstić information content (AvgIpc) is 2.77. The highest BCUT2D eigenvalue weighted by atomic mass is 35.5. The fourth-order valence-electron chi connectivity index (χ4n) is 3.31. The zero-order valence-corrected chi connectivity index (χ0v) is 14.9. The first-order valence-corrected chi connectivity index (χ1v) is 8.45. The Balaban J connectivity index is 1.90. The number of rotatable bonds is 0. The second-order valence-electron chi connectivity index (χ2n) is 7.48. The Labute approximate surface area is 150 Å². The molecule has 0 bridgehead atoms. The molecule has 2 heterocycles. The minimum Gasteiger partial charge on any atom is -0.350 e. The lowest BCUT2D eigenvalue weighted by molar-refractivity contribution is -0.120. The van der Waals surface area contributed by atoms with Crippen LogP contribution in [0.15, 0.2) is 36.4 Å². The molecule has 2 aliphatic rings. The van der Waals surface area contributed by atoms with Crippen molar-refractivity contribution in [1.82, 2.24) is 5.32 Å². The van der Waals surface area contributed by atoms with Crippen molar-refractivity contribution in [2.24, 2.45) is 0 Å². The summed E-state index contributed by atoms with van der Waals surface area (Å²) in [5.74, 6) is -0.623. The molecule has 0 fully saturated rings. The second kappa shape index (κ2) is 4.99. The standard InChI is InChI=1S/C19H18ClN3O2/c1-18(2,3)10-4-7-14-13(8-10)19(17(25)21-14)22-15-9-11(20)5-6-12(15)16(24)23-19/h4-9,22H,1-3H3,(H,21,25)(H,23,24). The quantitative estimate of drug-likeness (QED) is 0.676. The lowest BCUT2D eigenvalue weighted by atomic mass is 9.84. The third-order valence-corrected chi connectivity index (χ3v) is 4.96. The summed E-state index contributed by atoms with van der Waals surface area (Å²) in [7, 11) is 0. The largest absolute Gasteiger partial charge is 0.350 e. The van der Waals surface area contributed by atoms with Gasteiger partial charge in [-0.05, 0) is 41.3 Å². The monoisotopic (exact) mass is 355 g/mol. The summed E-state index contributed by atoms with van der Waals surface area (Å²) in [5.41, 5.74) is 2.08. The van der Waals surface area contributed by atoms with Crippen molar-refractivity contribution in [3.05, 3.63) is 58.1 Å². The van der Waals surface area contributed by atoms with Gasteiger partial charge in [-0.1, -0.05) is 38.4 Å². The maximum atomic E-state index is 12.8. The van der Waals surface area contributed by atoms with Gasteiger partial charge in [0.15, 0.2) is 0 Å². The van der Waals surface area contributed by atoms with Gasteiger partial charge >= 0.3 is 0 Å². The van der Waals surface area contributed by atoms with Crippen LogP contribution in [0.5, 0.6) is 0 Å². The van der Waals surface area contributed by atoms with Crippen molar-refractivity contribution in [2.75, 3.05) is 10.6 Å². The normalized spacial score (nSPS) is 21.3. The smallest absolute Gasteiger partial charge is 0.275 e. The molecule has 5 nitrogen and oxygen atoms in total. The number of hydrogen-bond acceptors (Lipinski definition) is 3. The molecular weight excluding hydrogens is 338 g/mol. The Kier molecular flexibility index (Phi) is 3.19. The number of carbonyl (C=O) groups is 2. The molecule has 1 atom stereocenters. The van der Waals surface area contributed by atoms with Gasteiger partial charge in [0.2, 0.25) is 5.66 Å². The van der Waals surface area contributed by atoms with E-state index in [1.54, 1.807) is 18.2 Å². The van der Waals surface area contributed by atoms with Crippen LogP contribution in [0.3, 0.4) is 0 Å². The van der Waals surface area contributed by atoms with Gasteiger partial charge in [-0.25, -0.2) is 0 Å². The van der Waals surface area contributed by atoms with Crippen LogP contribution in [-0.2, 0) is 15.9 Å². The van der Waals surface area contributed by atoms with E-state index in [4.69, 9.17) is 11.6 Å². The van der Waals surface area contributed by atoms with Gasteiger partial charge in [-0.15, -0.1) is 0 Å². The summed E-state index contributed by atoms with van der Waals surface area (Å²) in [6, 6.07) is 10.8. The third kappa shape index (κ3) is 2.30. The molecule has 2 aromatic carbocycles. The summed E-state index contributed by atoms with van der Waals surface area (Å²) in [5, 5.41) is 9.40. The van der Waals surface area contributed by atoms with E-state index in [2.05, 4.69) is 36.7 Å². The molecule has 1 unspecified atom stereocenters. The van der Waals surface area contributed by atoms with Crippen LogP contribution in [0, 0.1) is 0 Å². The van der Waals surface area contributed by atoms with Gasteiger partial charge in [-0.2, -0.15) is 0 Å². The third-order valence-electron chi connectivity index (χ3n) is 4.73. The van der Waals surface area contributed by atoms with E-state index < -0.39 is 5.66 Å². The second-order valence-corrected chi connectivity index (χ2v) is 7.92. The van der Waals surface area contributed by atoms with Gasteiger partial charge in [-0.3, -0.25) is 9.59 Å². The number of anilines is 2. The molecule has 0 radical (unpaired) electrons. The first-order valence-electron chi connectivity index (χ1n) is 8.07. The summed E-state index contributed by atoms with van der Waals surface area (Å²) >= 11 is 6.07. The molecule has 2 aliphatic heterocycles. The molecule has 4 rings (SSSR count). The lowest BCUT2D eigenvalue weighted by Gasteiger charge is -2.36. The van der Waals surface area contributed by atoms with Crippen molar-refractivity contribution in [2.45, 2.75) is 31.8 Å². The average molecular weight is 356 g/mol. The summed E-state index contributed by atoms with van der Waals surface area (Å²) in [4.78, 5) is 25.4. The highest BCUT2D eigenvalue weighted by molar-refractivity contribution is 6.31. The van der Waals surface area contributed by atoms with E-state index in [1.165, 1.54) is 0 Å². The fourth-order valence-corrected chi connectivity index (χ4v) is 3.48. The maximum absolute atomic E-state index is 12.8. The first-order chi connectivity index (χ1) is 11.7. The van der Waals surface area contributed by atoms with Crippen molar-refractivity contribution in [3.63, 3.8) is 0 Å². The Morgan fingerprint density at radius 3 is 2.44 bits per heavy atom. The van der Waals surface area contributed by atoms with Gasteiger partial charge < -0.3 is 16.0 Å². The van der Waals surface area contributed by atoms with Crippen LogP contribution in [-0.4, -0.2) is 11.8 Å². The predicted molar refractivity (Wildman–Crippen MR) is 98.0 cm³/mol. The van der Waals surface area contributed by atoms with E-state index in [-0.39, 0.29) is 17.2 Å². The molecule has 0 saturated heterocycles. The summed E-state index contributed by atoms with van der Waals surface area (Å²) in [6.45, 7) is 6.31. The van der Waals surface area contributed by atoms with E-state index >= 15 is 0 Å². The number of carbonyl (C=O) groups excluding carboxylic acids is 2. The minimum atomic E-state index is -1.33. The highest BCUT2D eigenvalue weighted by Crippen LogP contribution is 2.42. The zero-order valence-electron chi connectivity index (χ0n) is 14.2. The van der Waals surface area contributed by atoms with Crippen molar-refractivity contribution in [3.8, 4) is 0 Å². The van der Waals surface area contributed by atoms with E-state index in [1.807, 2.05) is 18.2 Å². The number of fused-ring (bicyclic) bond motifs is 3. The molecular formula is C19H18ClN3O2. The number of amides is 2. The zero-order chi connectivity index (χ0) is 18.0.